The highest BCUT2D eigenvalue weighted by Gasteiger charge is 2.35. The summed E-state index contributed by atoms with van der Waals surface area (Å²) in [5.74, 6) is 0.738. The van der Waals surface area contributed by atoms with Crippen molar-refractivity contribution in [2.45, 2.75) is 72.1 Å². The molecule has 0 spiro atoms. The van der Waals surface area contributed by atoms with Gasteiger partial charge in [-0.05, 0) is 61.5 Å². The van der Waals surface area contributed by atoms with E-state index >= 15 is 0 Å². The Morgan fingerprint density at radius 3 is 2.60 bits per heavy atom. The summed E-state index contributed by atoms with van der Waals surface area (Å²) < 4.78 is 6.47. The zero-order valence-electron chi connectivity index (χ0n) is 13.5. The van der Waals surface area contributed by atoms with Crippen LogP contribution in [0.4, 0.5) is 0 Å². The molecular weight excluding hydrogens is 266 g/mol. The third kappa shape index (κ3) is 3.84. The van der Waals surface area contributed by atoms with Crippen LogP contribution in [0.1, 0.15) is 63.5 Å². The van der Waals surface area contributed by atoms with Crippen molar-refractivity contribution in [3.8, 4) is 0 Å². The smallest absolute Gasteiger partial charge is 0.107 e. The lowest BCUT2D eigenvalue weighted by molar-refractivity contribution is -0.0727. The number of hydrogen-bond acceptors (Lipinski definition) is 3. The van der Waals surface area contributed by atoms with E-state index in [4.69, 9.17) is 10.5 Å². The number of thiophene rings is 1. The first-order valence-electron chi connectivity index (χ1n) is 7.73. The van der Waals surface area contributed by atoms with Gasteiger partial charge in [-0.2, -0.15) is 0 Å². The second-order valence-electron chi connectivity index (χ2n) is 7.42. The van der Waals surface area contributed by atoms with Gasteiger partial charge in [0, 0.05) is 10.9 Å². The van der Waals surface area contributed by atoms with Gasteiger partial charge in [0.25, 0.3) is 0 Å². The normalized spacial score (nSPS) is 29.1. The Balaban J connectivity index is 2.11. The van der Waals surface area contributed by atoms with Crippen molar-refractivity contribution in [3.63, 3.8) is 0 Å². The minimum Gasteiger partial charge on any atom is -0.368 e. The second-order valence-corrected chi connectivity index (χ2v) is 8.37. The SMILES string of the molecule is Cc1ccsc1C(OC1CC(C)CC(C)(C)C1)C(C)N. The maximum atomic E-state index is 6.47. The first-order valence-corrected chi connectivity index (χ1v) is 8.61. The van der Waals surface area contributed by atoms with Gasteiger partial charge in [-0.3, -0.25) is 0 Å². The maximum absolute atomic E-state index is 6.47. The topological polar surface area (TPSA) is 35.2 Å². The van der Waals surface area contributed by atoms with Crippen LogP contribution in [-0.4, -0.2) is 12.1 Å². The Hall–Kier alpha value is -0.380. The molecule has 20 heavy (non-hydrogen) atoms. The summed E-state index contributed by atoms with van der Waals surface area (Å²) in [6.45, 7) is 11.3. The predicted octanol–water partition coefficient (Wildman–Crippen LogP) is 4.68. The van der Waals surface area contributed by atoms with Crippen molar-refractivity contribution in [3.05, 3.63) is 21.9 Å². The lowest BCUT2D eigenvalue weighted by Gasteiger charge is -2.40. The molecule has 0 amide bonds. The number of ether oxygens (including phenoxy) is 1. The van der Waals surface area contributed by atoms with E-state index in [1.54, 1.807) is 11.3 Å². The zero-order chi connectivity index (χ0) is 14.9. The van der Waals surface area contributed by atoms with Gasteiger partial charge in [0.05, 0.1) is 6.10 Å². The van der Waals surface area contributed by atoms with Crippen molar-refractivity contribution in [1.82, 2.24) is 0 Å². The molecule has 1 fully saturated rings. The van der Waals surface area contributed by atoms with Crippen molar-refractivity contribution in [2.24, 2.45) is 17.1 Å². The molecule has 0 bridgehead atoms. The largest absolute Gasteiger partial charge is 0.368 e. The zero-order valence-corrected chi connectivity index (χ0v) is 14.3. The Labute approximate surface area is 127 Å². The van der Waals surface area contributed by atoms with Crippen LogP contribution in [0.5, 0.6) is 0 Å². The van der Waals surface area contributed by atoms with Crippen LogP contribution < -0.4 is 5.73 Å². The van der Waals surface area contributed by atoms with E-state index in [2.05, 4.69) is 46.1 Å². The van der Waals surface area contributed by atoms with Gasteiger partial charge in [-0.1, -0.05) is 20.8 Å². The molecule has 2 rings (SSSR count). The van der Waals surface area contributed by atoms with Crippen molar-refractivity contribution in [1.29, 1.82) is 0 Å². The minimum absolute atomic E-state index is 0.0349. The Kier molecular flexibility index (Phi) is 4.93. The molecule has 0 aliphatic heterocycles. The Bertz CT molecular complexity index is 438. The molecule has 3 heteroatoms. The molecule has 1 aromatic rings. The van der Waals surface area contributed by atoms with Crippen molar-refractivity contribution < 1.29 is 4.74 Å². The molecule has 1 heterocycles. The van der Waals surface area contributed by atoms with Crippen LogP contribution in [-0.2, 0) is 4.74 Å². The molecular formula is C17H29NOS. The van der Waals surface area contributed by atoms with Gasteiger partial charge >= 0.3 is 0 Å². The quantitative estimate of drug-likeness (QED) is 0.875. The van der Waals surface area contributed by atoms with Gasteiger partial charge in [-0.25, -0.2) is 0 Å². The molecule has 1 aliphatic rings. The third-order valence-electron chi connectivity index (χ3n) is 4.32. The second kappa shape index (κ2) is 6.17. The summed E-state index contributed by atoms with van der Waals surface area (Å²) in [7, 11) is 0. The minimum atomic E-state index is 0.0349. The highest BCUT2D eigenvalue weighted by molar-refractivity contribution is 7.10. The van der Waals surface area contributed by atoms with Crippen LogP contribution in [0.15, 0.2) is 11.4 Å². The lowest BCUT2D eigenvalue weighted by atomic mass is 9.71. The molecule has 0 aromatic carbocycles. The van der Waals surface area contributed by atoms with Gasteiger partial charge in [-0.15, -0.1) is 11.3 Å². The molecule has 4 unspecified atom stereocenters. The standard InChI is InChI=1S/C17H29NOS/c1-11-8-14(10-17(4,5)9-11)19-15(13(3)18)16-12(2)6-7-20-16/h6-7,11,13-15H,8-10,18H2,1-5H3. The fraction of sp³-hybridized carbons (Fsp3) is 0.765. The van der Waals surface area contributed by atoms with Crippen LogP contribution in [0.2, 0.25) is 0 Å². The monoisotopic (exact) mass is 295 g/mol. The number of aryl methyl sites for hydroxylation is 1. The summed E-state index contributed by atoms with van der Waals surface area (Å²) in [6, 6.07) is 2.19. The molecule has 114 valence electrons. The number of nitrogens with two attached hydrogens (primary N) is 1. The third-order valence-corrected chi connectivity index (χ3v) is 5.40. The summed E-state index contributed by atoms with van der Waals surface area (Å²) in [6.07, 6.45) is 3.99. The van der Waals surface area contributed by atoms with Gasteiger partial charge in [0.15, 0.2) is 0 Å². The molecule has 4 atom stereocenters. The molecule has 2 N–H and O–H groups in total. The summed E-state index contributed by atoms with van der Waals surface area (Å²) in [4.78, 5) is 1.30. The fourth-order valence-corrected chi connectivity index (χ4v) is 4.75. The highest BCUT2D eigenvalue weighted by Crippen LogP contribution is 2.42. The molecule has 1 aliphatic carbocycles. The van der Waals surface area contributed by atoms with Crippen LogP contribution in [0.25, 0.3) is 0 Å². The summed E-state index contributed by atoms with van der Waals surface area (Å²) >= 11 is 1.77. The summed E-state index contributed by atoms with van der Waals surface area (Å²) in [5, 5.41) is 2.14. The first-order chi connectivity index (χ1) is 9.28. The predicted molar refractivity (Wildman–Crippen MR) is 87.1 cm³/mol. The first kappa shape index (κ1) is 16.0. The van der Waals surface area contributed by atoms with Gasteiger partial charge < -0.3 is 10.5 Å². The molecule has 2 nitrogen and oxygen atoms in total. The molecule has 1 aromatic heterocycles. The average molecular weight is 295 g/mol. The van der Waals surface area contributed by atoms with Crippen LogP contribution in [0, 0.1) is 18.3 Å². The Morgan fingerprint density at radius 1 is 1.40 bits per heavy atom. The van der Waals surface area contributed by atoms with Gasteiger partial charge in [0.2, 0.25) is 0 Å². The van der Waals surface area contributed by atoms with E-state index in [9.17, 15) is 0 Å². The molecule has 0 radical (unpaired) electrons. The van der Waals surface area contributed by atoms with E-state index in [-0.39, 0.29) is 12.1 Å². The van der Waals surface area contributed by atoms with E-state index in [1.165, 1.54) is 16.9 Å². The van der Waals surface area contributed by atoms with Crippen LogP contribution >= 0.6 is 11.3 Å². The molecule has 1 saturated carbocycles. The average Bonchev–Trinajstić information content (AvgIpc) is 2.69. The van der Waals surface area contributed by atoms with E-state index < -0.39 is 0 Å². The van der Waals surface area contributed by atoms with Crippen molar-refractivity contribution in [2.75, 3.05) is 0 Å². The van der Waals surface area contributed by atoms with Crippen molar-refractivity contribution >= 4 is 11.3 Å². The van der Waals surface area contributed by atoms with E-state index in [1.807, 2.05) is 0 Å². The highest BCUT2D eigenvalue weighted by atomic mass is 32.1. The maximum Gasteiger partial charge on any atom is 0.107 e. The van der Waals surface area contributed by atoms with Gasteiger partial charge in [0.1, 0.15) is 6.10 Å². The van der Waals surface area contributed by atoms with E-state index in [0.29, 0.717) is 11.5 Å². The number of hydrogen-bond donors (Lipinski definition) is 1. The van der Waals surface area contributed by atoms with E-state index in [0.717, 1.165) is 18.8 Å². The van der Waals surface area contributed by atoms with Crippen LogP contribution in [0.3, 0.4) is 0 Å². The number of rotatable bonds is 4. The summed E-state index contributed by atoms with van der Waals surface area (Å²) in [5.41, 5.74) is 7.89. The lowest BCUT2D eigenvalue weighted by Crippen LogP contribution is -2.36. The molecule has 0 saturated heterocycles. The fourth-order valence-electron chi connectivity index (χ4n) is 3.67. The Morgan fingerprint density at radius 2 is 2.10 bits per heavy atom.